The lowest BCUT2D eigenvalue weighted by Gasteiger charge is -2.38. The molecule has 136 valence electrons. The van der Waals surface area contributed by atoms with E-state index in [2.05, 4.69) is 0 Å². The van der Waals surface area contributed by atoms with Crippen molar-refractivity contribution in [2.45, 2.75) is 50.9 Å². The van der Waals surface area contributed by atoms with E-state index in [4.69, 9.17) is 21.4 Å². The van der Waals surface area contributed by atoms with Gasteiger partial charge in [-0.05, 0) is 81.0 Å². The number of hydrogen-bond donors (Lipinski definition) is 0. The Labute approximate surface area is 158 Å². The highest BCUT2D eigenvalue weighted by Crippen LogP contribution is 2.57. The number of benzene rings is 1. The van der Waals surface area contributed by atoms with Crippen LogP contribution in [-0.2, 0) is 4.74 Å². The van der Waals surface area contributed by atoms with Crippen molar-refractivity contribution in [2.24, 2.45) is 11.8 Å². The maximum Gasteiger partial charge on any atom is 0.359 e. The molecule has 0 saturated heterocycles. The van der Waals surface area contributed by atoms with Crippen molar-refractivity contribution in [1.82, 2.24) is 9.78 Å². The second-order valence-electron chi connectivity index (χ2n) is 8.06. The van der Waals surface area contributed by atoms with Gasteiger partial charge in [-0.25, -0.2) is 9.48 Å². The first kappa shape index (κ1) is 16.4. The first-order valence-electron chi connectivity index (χ1n) is 9.70. The fourth-order valence-corrected chi connectivity index (χ4v) is 5.80. The Hall–Kier alpha value is -1.81. The van der Waals surface area contributed by atoms with Gasteiger partial charge in [0.05, 0.1) is 18.0 Å². The van der Waals surface area contributed by atoms with Gasteiger partial charge in [0.15, 0.2) is 5.69 Å². The summed E-state index contributed by atoms with van der Waals surface area (Å²) in [5, 5.41) is 5.48. The van der Waals surface area contributed by atoms with E-state index in [1.807, 2.05) is 35.9 Å². The van der Waals surface area contributed by atoms with Crippen molar-refractivity contribution in [3.05, 3.63) is 46.2 Å². The summed E-state index contributed by atoms with van der Waals surface area (Å²) in [5.41, 5.74) is 3.94. The molecule has 2 fully saturated rings. The number of rotatable bonds is 3. The molecule has 4 bridgehead atoms. The molecule has 4 aliphatic rings. The van der Waals surface area contributed by atoms with Crippen molar-refractivity contribution in [1.29, 1.82) is 0 Å². The third-order valence-electron chi connectivity index (χ3n) is 6.43. The van der Waals surface area contributed by atoms with Crippen LogP contribution in [0.2, 0.25) is 5.02 Å². The summed E-state index contributed by atoms with van der Waals surface area (Å²) in [4.78, 5) is 12.7. The molecular formula is C21H23ClN2O2. The molecule has 1 aromatic heterocycles. The minimum Gasteiger partial charge on any atom is -0.461 e. The van der Waals surface area contributed by atoms with E-state index in [9.17, 15) is 4.79 Å². The topological polar surface area (TPSA) is 44.1 Å². The summed E-state index contributed by atoms with van der Waals surface area (Å²) >= 11 is 6.08. The summed E-state index contributed by atoms with van der Waals surface area (Å²) < 4.78 is 7.36. The lowest BCUT2D eigenvalue weighted by atomic mass is 9.67. The number of esters is 1. The zero-order valence-electron chi connectivity index (χ0n) is 15.0. The predicted octanol–water partition coefficient (Wildman–Crippen LogP) is 5.09. The van der Waals surface area contributed by atoms with Crippen LogP contribution in [0.5, 0.6) is 0 Å². The quantitative estimate of drug-likeness (QED) is 0.706. The van der Waals surface area contributed by atoms with Gasteiger partial charge in [-0.15, -0.1) is 0 Å². The highest BCUT2D eigenvalue weighted by molar-refractivity contribution is 6.30. The smallest absolute Gasteiger partial charge is 0.359 e. The van der Waals surface area contributed by atoms with E-state index >= 15 is 0 Å². The van der Waals surface area contributed by atoms with E-state index in [0.717, 1.165) is 17.5 Å². The molecule has 0 spiro atoms. The maximum atomic E-state index is 12.7. The number of carbonyl (C=O) groups is 1. The van der Waals surface area contributed by atoms with Crippen molar-refractivity contribution in [2.75, 3.05) is 6.61 Å². The van der Waals surface area contributed by atoms with Crippen molar-refractivity contribution < 1.29 is 9.53 Å². The highest BCUT2D eigenvalue weighted by atomic mass is 35.5. The summed E-state index contributed by atoms with van der Waals surface area (Å²) in [6, 6.07) is 7.74. The van der Waals surface area contributed by atoms with E-state index in [1.165, 1.54) is 43.4 Å². The number of halogens is 1. The summed E-state index contributed by atoms with van der Waals surface area (Å²) in [5.74, 6) is 2.24. The number of hydrogen-bond acceptors (Lipinski definition) is 3. The molecule has 0 radical (unpaired) electrons. The van der Waals surface area contributed by atoms with E-state index < -0.39 is 0 Å². The van der Waals surface area contributed by atoms with Crippen molar-refractivity contribution in [3.63, 3.8) is 0 Å². The van der Waals surface area contributed by atoms with Crippen LogP contribution in [0.3, 0.4) is 0 Å². The lowest BCUT2D eigenvalue weighted by molar-refractivity contribution is 0.0515. The standard InChI is InChI=1S/C21H23ClN2O2/c1-2-26-21(25)19-18-14-8-12-7-13(9-14)11-15(10-12)20(18)24(23-19)17-5-3-16(22)4-6-17/h3-6,12-15H,2,7-11H2,1H3. The summed E-state index contributed by atoms with van der Waals surface area (Å²) in [6.45, 7) is 2.22. The van der Waals surface area contributed by atoms with Crippen LogP contribution in [0, 0.1) is 11.8 Å². The molecule has 5 heteroatoms. The van der Waals surface area contributed by atoms with Crippen molar-refractivity contribution in [3.8, 4) is 5.69 Å². The number of nitrogens with zero attached hydrogens (tertiary/aromatic N) is 2. The van der Waals surface area contributed by atoms with Crippen molar-refractivity contribution >= 4 is 17.6 Å². The predicted molar refractivity (Wildman–Crippen MR) is 100 cm³/mol. The molecule has 0 N–H and O–H groups in total. The maximum absolute atomic E-state index is 12.7. The van der Waals surface area contributed by atoms with Crippen LogP contribution >= 0.6 is 11.6 Å². The van der Waals surface area contributed by atoms with Gasteiger partial charge in [-0.1, -0.05) is 11.6 Å². The normalized spacial score (nSPS) is 28.7. The van der Waals surface area contributed by atoms with Gasteiger partial charge in [0.25, 0.3) is 0 Å². The van der Waals surface area contributed by atoms with E-state index in [0.29, 0.717) is 29.2 Å². The lowest BCUT2D eigenvalue weighted by Crippen LogP contribution is -2.27. The Morgan fingerprint density at radius 1 is 1.12 bits per heavy atom. The molecule has 0 aliphatic heterocycles. The molecule has 1 heterocycles. The van der Waals surface area contributed by atoms with Gasteiger partial charge < -0.3 is 4.74 Å². The van der Waals surface area contributed by atoms with Crippen LogP contribution in [0.1, 0.15) is 72.6 Å². The van der Waals surface area contributed by atoms with Crippen LogP contribution in [0.4, 0.5) is 0 Å². The first-order valence-corrected chi connectivity index (χ1v) is 10.1. The van der Waals surface area contributed by atoms with Crippen LogP contribution in [-0.4, -0.2) is 22.4 Å². The molecule has 4 nitrogen and oxygen atoms in total. The molecule has 6 rings (SSSR count). The number of ether oxygens (including phenoxy) is 1. The molecule has 2 atom stereocenters. The molecule has 0 amide bonds. The van der Waals surface area contributed by atoms with Gasteiger partial charge in [-0.2, -0.15) is 5.10 Å². The molecule has 1 aromatic carbocycles. The second kappa shape index (κ2) is 6.12. The Bertz CT molecular complexity index is 844. The molecule has 4 aliphatic carbocycles. The average molecular weight is 371 g/mol. The third-order valence-corrected chi connectivity index (χ3v) is 6.68. The van der Waals surface area contributed by atoms with Gasteiger partial charge in [0.1, 0.15) is 0 Å². The fraction of sp³-hybridized carbons (Fsp3) is 0.524. The number of carbonyl (C=O) groups excluding carboxylic acids is 1. The Balaban J connectivity index is 1.71. The minimum atomic E-state index is -0.280. The fourth-order valence-electron chi connectivity index (χ4n) is 5.68. The molecule has 26 heavy (non-hydrogen) atoms. The molecule has 2 aromatic rings. The van der Waals surface area contributed by atoms with Crippen LogP contribution in [0.25, 0.3) is 5.69 Å². The average Bonchev–Trinajstić information content (AvgIpc) is 2.94. The monoisotopic (exact) mass is 370 g/mol. The SMILES string of the molecule is CCOC(=O)c1nn(-c2ccc(Cl)cc2)c2c1C1CC3CC(C1)CC2C3. The number of aromatic nitrogens is 2. The Morgan fingerprint density at radius 2 is 1.77 bits per heavy atom. The third kappa shape index (κ3) is 2.50. The molecule has 2 unspecified atom stereocenters. The second-order valence-corrected chi connectivity index (χ2v) is 8.50. The molecular weight excluding hydrogens is 348 g/mol. The van der Waals surface area contributed by atoms with Crippen LogP contribution < -0.4 is 0 Å². The zero-order valence-corrected chi connectivity index (χ0v) is 15.7. The van der Waals surface area contributed by atoms with E-state index in [-0.39, 0.29) is 5.97 Å². The van der Waals surface area contributed by atoms with Crippen LogP contribution in [0.15, 0.2) is 24.3 Å². The van der Waals surface area contributed by atoms with Gasteiger partial charge >= 0.3 is 5.97 Å². The van der Waals surface area contributed by atoms with Gasteiger partial charge in [0.2, 0.25) is 0 Å². The summed E-state index contributed by atoms with van der Waals surface area (Å²) in [7, 11) is 0. The Kier molecular flexibility index (Phi) is 3.85. The largest absolute Gasteiger partial charge is 0.461 e. The Morgan fingerprint density at radius 3 is 2.42 bits per heavy atom. The first-order chi connectivity index (χ1) is 12.6. The summed E-state index contributed by atoms with van der Waals surface area (Å²) in [6.07, 6.45) is 6.20. The zero-order chi connectivity index (χ0) is 17.8. The molecule has 2 saturated carbocycles. The highest BCUT2D eigenvalue weighted by Gasteiger charge is 2.46. The minimum absolute atomic E-state index is 0.280. The van der Waals surface area contributed by atoms with Gasteiger partial charge in [0, 0.05) is 16.5 Å². The van der Waals surface area contributed by atoms with E-state index in [1.54, 1.807) is 0 Å². The van der Waals surface area contributed by atoms with Gasteiger partial charge in [-0.3, -0.25) is 0 Å².